The highest BCUT2D eigenvalue weighted by atomic mass is 19.1. The van der Waals surface area contributed by atoms with Crippen LogP contribution in [0.5, 0.6) is 5.75 Å². The predicted molar refractivity (Wildman–Crippen MR) is 70.0 cm³/mol. The molecule has 2 aromatic rings. The van der Waals surface area contributed by atoms with Crippen LogP contribution in [0.25, 0.3) is 0 Å². The van der Waals surface area contributed by atoms with Crippen molar-refractivity contribution in [2.24, 2.45) is 0 Å². The van der Waals surface area contributed by atoms with Gasteiger partial charge in [0.1, 0.15) is 23.2 Å². The molecule has 2 aromatic carbocycles. The minimum Gasteiger partial charge on any atom is -0.493 e. The van der Waals surface area contributed by atoms with Crippen molar-refractivity contribution >= 4 is 5.78 Å². The van der Waals surface area contributed by atoms with Crippen molar-refractivity contribution in [3.05, 3.63) is 64.5 Å². The van der Waals surface area contributed by atoms with Gasteiger partial charge in [-0.15, -0.1) is 0 Å². The van der Waals surface area contributed by atoms with Crippen molar-refractivity contribution in [2.75, 3.05) is 6.61 Å². The fourth-order valence-corrected chi connectivity index (χ4v) is 2.41. The molecule has 21 heavy (non-hydrogen) atoms. The number of aryl methyl sites for hydroxylation is 1. The summed E-state index contributed by atoms with van der Waals surface area (Å²) in [5, 5.41) is 0. The highest BCUT2D eigenvalue weighted by Crippen LogP contribution is 2.27. The van der Waals surface area contributed by atoms with Gasteiger partial charge >= 0.3 is 0 Å². The molecule has 1 heterocycles. The van der Waals surface area contributed by atoms with E-state index in [0.717, 1.165) is 18.4 Å². The Hall–Kier alpha value is -2.30. The third-order valence-corrected chi connectivity index (χ3v) is 3.40. The number of benzene rings is 2. The van der Waals surface area contributed by atoms with E-state index >= 15 is 0 Å². The van der Waals surface area contributed by atoms with Crippen LogP contribution < -0.4 is 4.74 Å². The zero-order valence-electron chi connectivity index (χ0n) is 11.0. The molecule has 1 aliphatic rings. The van der Waals surface area contributed by atoms with Gasteiger partial charge in [0.05, 0.1) is 12.2 Å². The first-order valence-electron chi connectivity index (χ1n) is 6.51. The average molecular weight is 292 g/mol. The summed E-state index contributed by atoms with van der Waals surface area (Å²) in [4.78, 5) is 12.2. The van der Waals surface area contributed by atoms with Gasteiger partial charge in [0.25, 0.3) is 0 Å². The highest BCUT2D eigenvalue weighted by molar-refractivity contribution is 6.09. The molecular formula is C16H11F3O2. The molecule has 1 aliphatic heterocycles. The summed E-state index contributed by atoms with van der Waals surface area (Å²) in [7, 11) is 0. The Kier molecular flexibility index (Phi) is 3.41. The van der Waals surface area contributed by atoms with Crippen LogP contribution in [0, 0.1) is 17.5 Å². The summed E-state index contributed by atoms with van der Waals surface area (Å²) >= 11 is 0. The Morgan fingerprint density at radius 2 is 1.76 bits per heavy atom. The number of rotatable bonds is 2. The van der Waals surface area contributed by atoms with E-state index < -0.39 is 28.8 Å². The van der Waals surface area contributed by atoms with E-state index in [0.29, 0.717) is 24.5 Å². The molecule has 0 atom stereocenters. The monoisotopic (exact) mass is 292 g/mol. The molecule has 0 bridgehead atoms. The molecule has 0 radical (unpaired) electrons. The van der Waals surface area contributed by atoms with Crippen LogP contribution in [0.2, 0.25) is 0 Å². The third-order valence-electron chi connectivity index (χ3n) is 3.40. The minimum atomic E-state index is -1.20. The Bertz CT molecular complexity index is 702. The molecule has 3 rings (SSSR count). The maximum absolute atomic E-state index is 13.7. The maximum atomic E-state index is 13.7. The molecule has 0 aliphatic carbocycles. The number of halogens is 3. The van der Waals surface area contributed by atoms with Crippen molar-refractivity contribution < 1.29 is 22.7 Å². The van der Waals surface area contributed by atoms with Crippen molar-refractivity contribution in [3.8, 4) is 5.75 Å². The standard InChI is InChI=1S/C16H11F3O2/c17-11-7-12(18)15(13(19)8-11)16(20)10-3-4-14-9(6-10)2-1-5-21-14/h3-4,6-8H,1-2,5H2. The van der Waals surface area contributed by atoms with Crippen molar-refractivity contribution in [3.63, 3.8) is 0 Å². The van der Waals surface area contributed by atoms with Gasteiger partial charge in [-0.05, 0) is 36.6 Å². The smallest absolute Gasteiger partial charge is 0.198 e. The predicted octanol–water partition coefficient (Wildman–Crippen LogP) is 3.66. The van der Waals surface area contributed by atoms with Gasteiger partial charge in [-0.3, -0.25) is 4.79 Å². The number of ether oxygens (including phenoxy) is 1. The van der Waals surface area contributed by atoms with E-state index in [1.165, 1.54) is 6.07 Å². The molecule has 0 spiro atoms. The van der Waals surface area contributed by atoms with E-state index in [9.17, 15) is 18.0 Å². The third kappa shape index (κ3) is 2.51. The van der Waals surface area contributed by atoms with Gasteiger partial charge in [-0.1, -0.05) is 0 Å². The number of fused-ring (bicyclic) bond motifs is 1. The van der Waals surface area contributed by atoms with E-state index in [4.69, 9.17) is 4.74 Å². The Morgan fingerprint density at radius 3 is 2.48 bits per heavy atom. The summed E-state index contributed by atoms with van der Waals surface area (Å²) < 4.78 is 45.6. The normalized spacial score (nSPS) is 13.5. The number of hydrogen-bond acceptors (Lipinski definition) is 2. The van der Waals surface area contributed by atoms with Crippen LogP contribution in [0.15, 0.2) is 30.3 Å². The summed E-state index contributed by atoms with van der Waals surface area (Å²) in [5.74, 6) is -3.59. The molecule has 0 N–H and O–H groups in total. The van der Waals surface area contributed by atoms with Crippen molar-refractivity contribution in [2.45, 2.75) is 12.8 Å². The average Bonchev–Trinajstić information content (AvgIpc) is 2.45. The molecule has 0 saturated heterocycles. The van der Waals surface area contributed by atoms with Gasteiger partial charge in [0.15, 0.2) is 5.78 Å². The SMILES string of the molecule is O=C(c1ccc2c(c1)CCCO2)c1c(F)cc(F)cc1F. The zero-order valence-corrected chi connectivity index (χ0v) is 11.0. The summed E-state index contributed by atoms with van der Waals surface area (Å²) in [6.07, 6.45) is 1.56. The van der Waals surface area contributed by atoms with Crippen LogP contribution in [0.1, 0.15) is 27.9 Å². The molecule has 0 unspecified atom stereocenters. The van der Waals surface area contributed by atoms with Crippen molar-refractivity contribution in [1.82, 2.24) is 0 Å². The maximum Gasteiger partial charge on any atom is 0.198 e. The van der Waals surface area contributed by atoms with E-state index in [-0.39, 0.29) is 5.56 Å². The lowest BCUT2D eigenvalue weighted by Gasteiger charge is -2.17. The molecule has 0 saturated carbocycles. The fraction of sp³-hybridized carbons (Fsp3) is 0.188. The van der Waals surface area contributed by atoms with E-state index in [2.05, 4.69) is 0 Å². The highest BCUT2D eigenvalue weighted by Gasteiger charge is 2.22. The minimum absolute atomic E-state index is 0.156. The number of carbonyl (C=O) groups excluding carboxylic acids is 1. The Labute approximate surface area is 119 Å². The zero-order chi connectivity index (χ0) is 15.0. The second-order valence-electron chi connectivity index (χ2n) is 4.85. The van der Waals surface area contributed by atoms with Gasteiger partial charge in [-0.25, -0.2) is 13.2 Å². The molecule has 0 fully saturated rings. The summed E-state index contributed by atoms with van der Waals surface area (Å²) in [6, 6.07) is 5.63. The number of carbonyl (C=O) groups is 1. The first kappa shape index (κ1) is 13.7. The summed E-state index contributed by atoms with van der Waals surface area (Å²) in [6.45, 7) is 0.613. The van der Waals surface area contributed by atoms with Gasteiger partial charge in [0, 0.05) is 17.7 Å². The van der Waals surface area contributed by atoms with Gasteiger partial charge < -0.3 is 4.74 Å². The Balaban J connectivity index is 2.03. The largest absolute Gasteiger partial charge is 0.493 e. The summed E-state index contributed by atoms with van der Waals surface area (Å²) in [5.41, 5.74) is 0.242. The lowest BCUT2D eigenvalue weighted by atomic mass is 9.97. The molecule has 5 heteroatoms. The number of ketones is 1. The number of hydrogen-bond donors (Lipinski definition) is 0. The van der Waals surface area contributed by atoms with Crippen LogP contribution in [0.3, 0.4) is 0 Å². The quantitative estimate of drug-likeness (QED) is 0.790. The van der Waals surface area contributed by atoms with Crippen LogP contribution in [-0.2, 0) is 6.42 Å². The first-order chi connectivity index (χ1) is 10.1. The van der Waals surface area contributed by atoms with E-state index in [1.807, 2.05) is 0 Å². The molecule has 0 amide bonds. The van der Waals surface area contributed by atoms with Crippen LogP contribution >= 0.6 is 0 Å². The Morgan fingerprint density at radius 1 is 1.05 bits per heavy atom. The topological polar surface area (TPSA) is 26.3 Å². The molecule has 0 aromatic heterocycles. The molecule has 2 nitrogen and oxygen atoms in total. The first-order valence-corrected chi connectivity index (χ1v) is 6.51. The van der Waals surface area contributed by atoms with Crippen LogP contribution in [0.4, 0.5) is 13.2 Å². The molecular weight excluding hydrogens is 281 g/mol. The van der Waals surface area contributed by atoms with Crippen LogP contribution in [-0.4, -0.2) is 12.4 Å². The van der Waals surface area contributed by atoms with E-state index in [1.54, 1.807) is 12.1 Å². The van der Waals surface area contributed by atoms with Crippen molar-refractivity contribution in [1.29, 1.82) is 0 Å². The van der Waals surface area contributed by atoms with Gasteiger partial charge in [-0.2, -0.15) is 0 Å². The fourth-order valence-electron chi connectivity index (χ4n) is 2.41. The lowest BCUT2D eigenvalue weighted by Crippen LogP contribution is -2.12. The second-order valence-corrected chi connectivity index (χ2v) is 4.85. The molecule has 108 valence electrons. The van der Waals surface area contributed by atoms with Gasteiger partial charge in [0.2, 0.25) is 0 Å². The lowest BCUT2D eigenvalue weighted by molar-refractivity contribution is 0.103. The second kappa shape index (κ2) is 5.24.